The molecule has 0 unspecified atom stereocenters. The molecule has 1 aromatic heterocycles. The fraction of sp³-hybridized carbons (Fsp3) is 0.0526. The van der Waals surface area contributed by atoms with E-state index in [1.807, 2.05) is 30.3 Å². The maximum Gasteiger partial charge on any atom is 0.210 e. The Morgan fingerprint density at radius 3 is 2.81 bits per heavy atom. The number of fused-ring (bicyclic) bond motifs is 1. The lowest BCUT2D eigenvalue weighted by molar-refractivity contribution is 0.427. The van der Waals surface area contributed by atoms with E-state index in [1.54, 1.807) is 13.3 Å². The lowest BCUT2D eigenvalue weighted by Gasteiger charge is -1.99. The molecule has 2 heterocycles. The number of hydrogen-bond donors (Lipinski definition) is 1. The summed E-state index contributed by atoms with van der Waals surface area (Å²) in [5, 5.41) is 10.4. The maximum absolute atomic E-state index is 13.8. The van der Waals surface area contributed by atoms with Crippen molar-refractivity contribution in [2.45, 2.75) is 0 Å². The first-order valence-electron chi connectivity index (χ1n) is 7.76. The predicted molar refractivity (Wildman–Crippen MR) is 99.0 cm³/mol. The molecular formula is C19H13F2N3OS. The molecule has 7 heteroatoms. The molecule has 0 spiro atoms. The molecule has 1 N–H and O–H groups in total. The Morgan fingerprint density at radius 1 is 1.19 bits per heavy atom. The van der Waals surface area contributed by atoms with Crippen LogP contribution in [-0.4, -0.2) is 15.9 Å². The second-order valence-corrected chi connectivity index (χ2v) is 6.72. The van der Waals surface area contributed by atoms with Crippen molar-refractivity contribution in [2.75, 3.05) is 0 Å². The highest BCUT2D eigenvalue weighted by Crippen LogP contribution is 2.34. The summed E-state index contributed by atoms with van der Waals surface area (Å²) in [6.45, 7) is 0. The number of aliphatic imine (C=N–C) groups is 1. The number of para-hydroxylation sites is 1. The Morgan fingerprint density at radius 2 is 2.00 bits per heavy atom. The van der Waals surface area contributed by atoms with E-state index in [4.69, 9.17) is 0 Å². The lowest BCUT2D eigenvalue weighted by Crippen LogP contribution is -2.09. The molecule has 0 atom stereocenters. The van der Waals surface area contributed by atoms with Crippen molar-refractivity contribution >= 4 is 40.6 Å². The van der Waals surface area contributed by atoms with Crippen molar-refractivity contribution in [3.05, 3.63) is 69.3 Å². The second kappa shape index (κ2) is 6.34. The Bertz CT molecular complexity index is 1140. The number of hydrogen-bond acceptors (Lipinski definition) is 4. The summed E-state index contributed by atoms with van der Waals surface area (Å²) >= 11 is 1.20. The van der Waals surface area contributed by atoms with Crippen LogP contribution >= 0.6 is 11.3 Å². The molecule has 0 amide bonds. The molecule has 26 heavy (non-hydrogen) atoms. The van der Waals surface area contributed by atoms with E-state index in [0.717, 1.165) is 29.0 Å². The minimum atomic E-state index is -0.755. The molecule has 0 bridgehead atoms. The Labute approximate surface area is 151 Å². The molecule has 0 saturated heterocycles. The SMILES string of the molecule is Cn1c(O)c(/C=C2\C=Nc3ccccc32)sc1=Nc1ccc(F)cc1F. The van der Waals surface area contributed by atoms with Crippen molar-refractivity contribution in [1.82, 2.24) is 4.57 Å². The van der Waals surface area contributed by atoms with Crippen LogP contribution in [0.3, 0.4) is 0 Å². The number of halogens is 2. The molecular weight excluding hydrogens is 356 g/mol. The molecule has 4 nitrogen and oxygen atoms in total. The molecule has 1 aliphatic heterocycles. The summed E-state index contributed by atoms with van der Waals surface area (Å²) in [6.07, 6.45) is 3.55. The van der Waals surface area contributed by atoms with E-state index in [9.17, 15) is 13.9 Å². The largest absolute Gasteiger partial charge is 0.493 e. The lowest BCUT2D eigenvalue weighted by atomic mass is 10.1. The third kappa shape index (κ3) is 2.86. The van der Waals surface area contributed by atoms with Crippen LogP contribution in [0.5, 0.6) is 5.88 Å². The maximum atomic E-state index is 13.8. The summed E-state index contributed by atoms with van der Waals surface area (Å²) < 4.78 is 28.3. The van der Waals surface area contributed by atoms with Crippen LogP contribution in [0.1, 0.15) is 10.4 Å². The van der Waals surface area contributed by atoms with Gasteiger partial charge in [-0.1, -0.05) is 29.5 Å². The van der Waals surface area contributed by atoms with Crippen molar-refractivity contribution in [3.8, 4) is 5.88 Å². The van der Waals surface area contributed by atoms with Crippen molar-refractivity contribution < 1.29 is 13.9 Å². The van der Waals surface area contributed by atoms with Gasteiger partial charge in [0.25, 0.3) is 0 Å². The van der Waals surface area contributed by atoms with Crippen LogP contribution in [0, 0.1) is 11.6 Å². The zero-order valence-electron chi connectivity index (χ0n) is 13.6. The number of thiazole rings is 1. The first-order valence-corrected chi connectivity index (χ1v) is 8.58. The Hall–Kier alpha value is -3.06. The predicted octanol–water partition coefficient (Wildman–Crippen LogP) is 4.56. The monoisotopic (exact) mass is 369 g/mol. The van der Waals surface area contributed by atoms with Gasteiger partial charge in [-0.25, -0.2) is 13.8 Å². The van der Waals surface area contributed by atoms with E-state index in [1.165, 1.54) is 22.0 Å². The van der Waals surface area contributed by atoms with E-state index in [2.05, 4.69) is 9.98 Å². The van der Waals surface area contributed by atoms with Crippen molar-refractivity contribution in [3.63, 3.8) is 0 Å². The average Bonchev–Trinajstić information content (AvgIpc) is 3.15. The van der Waals surface area contributed by atoms with Gasteiger partial charge in [0.1, 0.15) is 11.5 Å². The minimum absolute atomic E-state index is 0.00947. The van der Waals surface area contributed by atoms with Crippen LogP contribution in [0.15, 0.2) is 52.4 Å². The summed E-state index contributed by atoms with van der Waals surface area (Å²) in [6, 6.07) is 10.9. The number of rotatable bonds is 2. The molecule has 0 aliphatic carbocycles. The van der Waals surface area contributed by atoms with Crippen molar-refractivity contribution in [2.24, 2.45) is 17.0 Å². The molecule has 3 aromatic rings. The van der Waals surface area contributed by atoms with Crippen LogP contribution in [0.4, 0.5) is 20.2 Å². The summed E-state index contributed by atoms with van der Waals surface area (Å²) in [5.41, 5.74) is 2.73. The molecule has 1 aliphatic rings. The highest BCUT2D eigenvalue weighted by atomic mass is 32.1. The minimum Gasteiger partial charge on any atom is -0.493 e. The van der Waals surface area contributed by atoms with Crippen LogP contribution < -0.4 is 4.80 Å². The van der Waals surface area contributed by atoms with Gasteiger partial charge < -0.3 is 5.11 Å². The van der Waals surface area contributed by atoms with E-state index in [-0.39, 0.29) is 11.6 Å². The Kier molecular flexibility index (Phi) is 4.00. The molecule has 4 rings (SSSR count). The van der Waals surface area contributed by atoms with Crippen LogP contribution in [-0.2, 0) is 7.05 Å². The highest BCUT2D eigenvalue weighted by Gasteiger charge is 2.14. The molecule has 0 saturated carbocycles. The normalized spacial score (nSPS) is 15.0. The van der Waals surface area contributed by atoms with Gasteiger partial charge >= 0.3 is 0 Å². The van der Waals surface area contributed by atoms with Gasteiger partial charge in [0.2, 0.25) is 5.88 Å². The number of nitrogens with zero attached hydrogens (tertiary/aromatic N) is 3. The summed E-state index contributed by atoms with van der Waals surface area (Å²) in [7, 11) is 1.63. The fourth-order valence-corrected chi connectivity index (χ4v) is 3.61. The van der Waals surface area contributed by atoms with Crippen LogP contribution in [0.25, 0.3) is 11.6 Å². The van der Waals surface area contributed by atoms with Gasteiger partial charge in [-0.15, -0.1) is 0 Å². The van der Waals surface area contributed by atoms with E-state index >= 15 is 0 Å². The third-order valence-electron chi connectivity index (χ3n) is 4.00. The number of aromatic nitrogens is 1. The number of allylic oxidation sites excluding steroid dienone is 1. The smallest absolute Gasteiger partial charge is 0.210 e. The molecule has 130 valence electrons. The zero-order valence-corrected chi connectivity index (χ0v) is 14.5. The number of benzene rings is 2. The zero-order chi connectivity index (χ0) is 18.3. The molecule has 0 fully saturated rings. The summed E-state index contributed by atoms with van der Waals surface area (Å²) in [4.78, 5) is 9.50. The Balaban J connectivity index is 1.79. The van der Waals surface area contributed by atoms with Gasteiger partial charge in [-0.05, 0) is 24.3 Å². The second-order valence-electron chi connectivity index (χ2n) is 5.71. The quantitative estimate of drug-likeness (QED) is 0.707. The fourth-order valence-electron chi connectivity index (χ4n) is 2.63. The summed E-state index contributed by atoms with van der Waals surface area (Å²) in [5.74, 6) is -1.40. The number of aromatic hydroxyl groups is 1. The topological polar surface area (TPSA) is 49.9 Å². The van der Waals surface area contributed by atoms with Crippen LogP contribution in [0.2, 0.25) is 0 Å². The van der Waals surface area contributed by atoms with E-state index in [0.29, 0.717) is 9.68 Å². The standard InChI is InChI=1S/C19H13F2N3OS/c1-24-18(25)17(8-11-10-22-15-5-3-2-4-13(11)15)26-19(24)23-16-7-6-12(20)9-14(16)21/h2-10,25H,1H3/b11-8+,23-19?. The van der Waals surface area contributed by atoms with Gasteiger partial charge in [0.15, 0.2) is 10.6 Å². The van der Waals surface area contributed by atoms with Crippen molar-refractivity contribution in [1.29, 1.82) is 0 Å². The van der Waals surface area contributed by atoms with Gasteiger partial charge in [0, 0.05) is 30.5 Å². The first-order chi connectivity index (χ1) is 12.5. The molecule has 0 radical (unpaired) electrons. The first kappa shape index (κ1) is 16.4. The highest BCUT2D eigenvalue weighted by molar-refractivity contribution is 7.10. The third-order valence-corrected chi connectivity index (χ3v) is 5.06. The van der Waals surface area contributed by atoms with Gasteiger partial charge in [-0.3, -0.25) is 9.56 Å². The molecule has 2 aromatic carbocycles. The van der Waals surface area contributed by atoms with E-state index < -0.39 is 11.6 Å². The van der Waals surface area contributed by atoms with Gasteiger partial charge in [0.05, 0.1) is 10.6 Å². The van der Waals surface area contributed by atoms with Gasteiger partial charge in [-0.2, -0.15) is 0 Å². The average molecular weight is 369 g/mol.